The number of methoxy groups -OCH3 is 1. The Bertz CT molecular complexity index is 2360. The van der Waals surface area contributed by atoms with Crippen LogP contribution in [0.1, 0.15) is 70.6 Å². The van der Waals surface area contributed by atoms with Crippen LogP contribution in [0.3, 0.4) is 0 Å². The summed E-state index contributed by atoms with van der Waals surface area (Å²) in [6, 6.07) is 16.0. The number of carbonyl (C=O) groups is 4. The van der Waals surface area contributed by atoms with Crippen LogP contribution in [-0.4, -0.2) is 109 Å². The number of hydrogen-bond acceptors (Lipinski definition) is 10. The zero-order valence-corrected chi connectivity index (χ0v) is 33.9. The smallest absolute Gasteiger partial charge is 0.264 e. The molecule has 2 bridgehead atoms. The van der Waals surface area contributed by atoms with Gasteiger partial charge in [-0.05, 0) is 56.7 Å². The zero-order chi connectivity index (χ0) is 40.9. The standard InChI is InChI=1S/C44H49N5O9S/c1-56-31-14-17-35-37(20-31)45-36(27-10-7-5-8-11-27)22-39(35)58-33-21-38-41(51)46-44(43(53)47-59(54,55)34-15-16-34)23-29(44)13-9-4-2-3-6-12-28(42(52)49(38)25-33)18-40(50)48-24-32-19-30(48)26-57-32/h5,7-11,14,17,20,22,28,30,32-34,38H,2-4,6,12,15-16,18-19,21,23-26H2,1H3,(H,46,51)(H,47,53)/t13?,28-,30?,32?,33-,38+,44-/m1/s1. The van der Waals surface area contributed by atoms with Crippen molar-refractivity contribution in [3.8, 4) is 22.8 Å². The highest BCUT2D eigenvalue weighted by molar-refractivity contribution is 7.91. The largest absolute Gasteiger partial charge is 0.497 e. The van der Waals surface area contributed by atoms with Crippen LogP contribution in [0.5, 0.6) is 11.5 Å². The van der Waals surface area contributed by atoms with Gasteiger partial charge in [0.15, 0.2) is 5.54 Å². The number of hydrogen-bond donors (Lipinski definition) is 2. The van der Waals surface area contributed by atoms with E-state index in [-0.39, 0.29) is 49.8 Å². The topological polar surface area (TPSA) is 174 Å². The summed E-state index contributed by atoms with van der Waals surface area (Å²) in [5.41, 5.74) is 4.20. The van der Waals surface area contributed by atoms with E-state index >= 15 is 0 Å². The van der Waals surface area contributed by atoms with Crippen LogP contribution in [0.15, 0.2) is 72.0 Å². The molecule has 59 heavy (non-hydrogen) atoms. The van der Waals surface area contributed by atoms with Crippen LogP contribution >= 0.6 is 0 Å². The van der Waals surface area contributed by atoms with Crippen molar-refractivity contribution < 1.29 is 41.8 Å². The first kappa shape index (κ1) is 39.2. The quantitative estimate of drug-likeness (QED) is 0.298. The molecule has 6 aliphatic rings. The second-order valence-electron chi connectivity index (χ2n) is 16.7. The predicted molar refractivity (Wildman–Crippen MR) is 216 cm³/mol. The number of pyridine rings is 1. The van der Waals surface area contributed by atoms with Crippen LogP contribution in [0, 0.1) is 5.92 Å². The highest BCUT2D eigenvalue weighted by Crippen LogP contribution is 2.44. The van der Waals surface area contributed by atoms with Gasteiger partial charge in [0.25, 0.3) is 5.91 Å². The molecular weight excluding hydrogens is 775 g/mol. The van der Waals surface area contributed by atoms with Crippen molar-refractivity contribution in [2.75, 3.05) is 26.8 Å². The molecule has 0 spiro atoms. The van der Waals surface area contributed by atoms with E-state index in [1.807, 2.05) is 65.6 Å². The molecule has 14 nitrogen and oxygen atoms in total. The fraction of sp³-hybridized carbons (Fsp3) is 0.500. The summed E-state index contributed by atoms with van der Waals surface area (Å²) in [5, 5.41) is 2.96. The highest BCUT2D eigenvalue weighted by Gasteiger charge is 2.60. The van der Waals surface area contributed by atoms with E-state index in [0.29, 0.717) is 78.9 Å². The Morgan fingerprint density at radius 2 is 1.86 bits per heavy atom. The van der Waals surface area contributed by atoms with Crippen molar-refractivity contribution in [2.45, 2.75) is 106 Å². The number of sulfonamides is 1. The number of benzene rings is 2. The second-order valence-corrected chi connectivity index (χ2v) is 18.7. The molecule has 310 valence electrons. The summed E-state index contributed by atoms with van der Waals surface area (Å²) in [5.74, 6) is -1.42. The highest BCUT2D eigenvalue weighted by atomic mass is 32.2. The van der Waals surface area contributed by atoms with E-state index in [1.165, 1.54) is 4.90 Å². The summed E-state index contributed by atoms with van der Waals surface area (Å²) in [7, 11) is -2.33. The van der Waals surface area contributed by atoms with Crippen molar-refractivity contribution in [1.82, 2.24) is 24.8 Å². The van der Waals surface area contributed by atoms with Gasteiger partial charge in [0.2, 0.25) is 27.7 Å². The molecule has 3 aromatic rings. The fourth-order valence-corrected chi connectivity index (χ4v) is 10.4. The summed E-state index contributed by atoms with van der Waals surface area (Å²) in [6.45, 7) is 1.04. The van der Waals surface area contributed by atoms with Crippen LogP contribution in [0.25, 0.3) is 22.2 Å². The van der Waals surface area contributed by atoms with Crippen LogP contribution in [0.2, 0.25) is 0 Å². The number of carbonyl (C=O) groups excluding carboxylic acids is 4. The lowest BCUT2D eigenvalue weighted by Gasteiger charge is -2.31. The number of nitrogens with zero attached hydrogens (tertiary/aromatic N) is 3. The first-order chi connectivity index (χ1) is 28.5. The Labute approximate surface area is 343 Å². The molecule has 0 radical (unpaired) electrons. The molecule has 4 amide bonds. The maximum Gasteiger partial charge on any atom is 0.264 e. The molecule has 9 rings (SSSR count). The summed E-state index contributed by atoms with van der Waals surface area (Å²) in [6.07, 6.45) is 6.50. The average Bonchev–Trinajstić information content (AvgIpc) is 4.06. The third-order valence-electron chi connectivity index (χ3n) is 12.6. The van der Waals surface area contributed by atoms with Crippen LogP contribution in [-0.2, 0) is 33.9 Å². The molecule has 2 aromatic carbocycles. The zero-order valence-electron chi connectivity index (χ0n) is 33.1. The van der Waals surface area contributed by atoms with Gasteiger partial charge < -0.3 is 29.3 Å². The number of amides is 4. The molecule has 1 aromatic heterocycles. The third kappa shape index (κ3) is 7.95. The third-order valence-corrected chi connectivity index (χ3v) is 14.4. The maximum absolute atomic E-state index is 14.9. The number of nitrogens with one attached hydrogen (secondary N) is 2. The summed E-state index contributed by atoms with van der Waals surface area (Å²) >= 11 is 0. The Morgan fingerprint density at radius 3 is 2.61 bits per heavy atom. The molecule has 3 saturated heterocycles. The minimum Gasteiger partial charge on any atom is -0.497 e. The lowest BCUT2D eigenvalue weighted by molar-refractivity contribution is -0.146. The molecule has 4 aliphatic heterocycles. The van der Waals surface area contributed by atoms with Crippen molar-refractivity contribution in [3.05, 3.63) is 72.0 Å². The first-order valence-electron chi connectivity index (χ1n) is 20.8. The SMILES string of the molecule is COc1ccc2c(O[C@@H]3C[C@H]4C(=O)N[C@]5(C(=O)NS(=O)(=O)C6CC6)CC5=C=CCCCCC[C@H](CC(=O)N5CC6CC5CO6)C(=O)N4C3)cc(-c3ccccc3)nc2c1. The van der Waals surface area contributed by atoms with Gasteiger partial charge >= 0.3 is 0 Å². The minimum atomic E-state index is -3.92. The van der Waals surface area contributed by atoms with Crippen molar-refractivity contribution >= 4 is 44.6 Å². The number of fused-ring (bicyclic) bond motifs is 5. The first-order valence-corrected chi connectivity index (χ1v) is 22.3. The summed E-state index contributed by atoms with van der Waals surface area (Å²) in [4.78, 5) is 65.5. The second kappa shape index (κ2) is 15.7. The van der Waals surface area contributed by atoms with Gasteiger partial charge in [-0.3, -0.25) is 23.9 Å². The van der Waals surface area contributed by atoms with Crippen molar-refractivity contribution in [2.24, 2.45) is 5.92 Å². The number of ether oxygens (including phenoxy) is 3. The number of morpholine rings is 1. The van der Waals surface area contributed by atoms with E-state index in [2.05, 4.69) is 15.8 Å². The molecule has 2 aliphatic carbocycles. The van der Waals surface area contributed by atoms with Gasteiger partial charge in [-0.25, -0.2) is 13.4 Å². The fourth-order valence-electron chi connectivity index (χ4n) is 9.06. The monoisotopic (exact) mass is 823 g/mol. The van der Waals surface area contributed by atoms with Crippen LogP contribution in [0.4, 0.5) is 0 Å². The van der Waals surface area contributed by atoms with Gasteiger partial charge in [0.1, 0.15) is 23.6 Å². The van der Waals surface area contributed by atoms with Gasteiger partial charge in [0, 0.05) is 60.4 Å². The van der Waals surface area contributed by atoms with Crippen molar-refractivity contribution in [1.29, 1.82) is 0 Å². The Balaban J connectivity index is 1.05. The van der Waals surface area contributed by atoms with E-state index in [9.17, 15) is 27.6 Å². The Kier molecular flexibility index (Phi) is 10.5. The molecule has 5 fully saturated rings. The molecule has 2 unspecified atom stereocenters. The van der Waals surface area contributed by atoms with Gasteiger partial charge in [-0.2, -0.15) is 0 Å². The molecule has 2 N–H and O–H groups in total. The molecular formula is C44H49N5O9S. The Hall–Kier alpha value is -5.24. The average molecular weight is 824 g/mol. The normalized spacial score (nSPS) is 28.2. The number of likely N-dealkylation sites (tertiary alicyclic amines) is 1. The van der Waals surface area contributed by atoms with E-state index < -0.39 is 50.7 Å². The maximum atomic E-state index is 14.9. The van der Waals surface area contributed by atoms with Crippen LogP contribution < -0.4 is 19.5 Å². The Morgan fingerprint density at radius 1 is 1.03 bits per heavy atom. The molecule has 5 heterocycles. The predicted octanol–water partition coefficient (Wildman–Crippen LogP) is 4.18. The van der Waals surface area contributed by atoms with E-state index in [0.717, 1.165) is 24.8 Å². The van der Waals surface area contributed by atoms with E-state index in [1.54, 1.807) is 7.11 Å². The minimum absolute atomic E-state index is 0.00183. The van der Waals surface area contributed by atoms with E-state index in [4.69, 9.17) is 19.2 Å². The number of aromatic nitrogens is 1. The van der Waals surface area contributed by atoms with Gasteiger partial charge in [0.05, 0.1) is 48.9 Å². The van der Waals surface area contributed by atoms with Gasteiger partial charge in [-0.1, -0.05) is 43.2 Å². The lowest BCUT2D eigenvalue weighted by Crippen LogP contribution is -2.56. The number of rotatable bonds is 9. The molecule has 15 heteroatoms. The molecule has 6 atom stereocenters. The summed E-state index contributed by atoms with van der Waals surface area (Å²) < 4.78 is 46.1. The van der Waals surface area contributed by atoms with Gasteiger partial charge in [-0.15, -0.1) is 5.73 Å². The van der Waals surface area contributed by atoms with Crippen molar-refractivity contribution in [3.63, 3.8) is 0 Å². The molecule has 2 saturated carbocycles. The lowest BCUT2D eigenvalue weighted by atomic mass is 9.94.